The lowest BCUT2D eigenvalue weighted by atomic mass is 9.79. The van der Waals surface area contributed by atoms with E-state index in [1.165, 1.54) is 10.5 Å². The highest BCUT2D eigenvalue weighted by molar-refractivity contribution is 7.89. The van der Waals surface area contributed by atoms with Crippen LogP contribution in [-0.4, -0.2) is 73.2 Å². The van der Waals surface area contributed by atoms with E-state index in [0.29, 0.717) is 49.7 Å². The molecule has 1 atom stereocenters. The highest BCUT2D eigenvalue weighted by atomic mass is 35.5. The van der Waals surface area contributed by atoms with Gasteiger partial charge in [0.1, 0.15) is 11.6 Å². The van der Waals surface area contributed by atoms with Crippen LogP contribution < -0.4 is 20.7 Å². The summed E-state index contributed by atoms with van der Waals surface area (Å²) < 4.78 is 33.7. The first-order chi connectivity index (χ1) is 14.8. The molecule has 10 nitrogen and oxygen atoms in total. The third-order valence-corrected chi connectivity index (χ3v) is 8.39. The minimum absolute atomic E-state index is 0. The molecule has 1 aromatic heterocycles. The van der Waals surface area contributed by atoms with Crippen molar-refractivity contribution in [2.24, 2.45) is 5.92 Å². The number of hydrogen-bond donors (Lipinski definition) is 3. The van der Waals surface area contributed by atoms with E-state index in [-0.39, 0.29) is 37.5 Å². The van der Waals surface area contributed by atoms with Gasteiger partial charge in [0.25, 0.3) is 5.91 Å². The summed E-state index contributed by atoms with van der Waals surface area (Å²) in [5.41, 5.74) is -1.43. The number of ether oxygens (including phenoxy) is 1. The average molecular weight is 508 g/mol. The number of amides is 3. The van der Waals surface area contributed by atoms with E-state index in [4.69, 9.17) is 16.3 Å². The summed E-state index contributed by atoms with van der Waals surface area (Å²) in [5, 5.41) is 8.61. The van der Waals surface area contributed by atoms with Crippen molar-refractivity contribution < 1.29 is 22.7 Å². The fourth-order valence-electron chi connectivity index (χ4n) is 4.54. The summed E-state index contributed by atoms with van der Waals surface area (Å²) in [6.07, 6.45) is 3.58. The van der Waals surface area contributed by atoms with Crippen molar-refractivity contribution in [3.05, 3.63) is 23.4 Å². The number of sulfonamides is 1. The molecule has 4 heterocycles. The molecule has 0 saturated carbocycles. The average Bonchev–Trinajstić information content (AvgIpc) is 3.04. The Hall–Kier alpha value is -1.66. The Morgan fingerprint density at radius 1 is 1.16 bits per heavy atom. The molecule has 3 aliphatic heterocycles. The van der Waals surface area contributed by atoms with Crippen molar-refractivity contribution in [3.63, 3.8) is 0 Å². The van der Waals surface area contributed by atoms with Crippen LogP contribution in [0.15, 0.2) is 18.3 Å². The summed E-state index contributed by atoms with van der Waals surface area (Å²) in [5.74, 6) is -0.792. The molecule has 3 N–H and O–H groups in total. The lowest BCUT2D eigenvalue weighted by Crippen LogP contribution is -2.61. The molecule has 4 rings (SSSR count). The van der Waals surface area contributed by atoms with Gasteiger partial charge in [0.05, 0.1) is 10.8 Å². The summed E-state index contributed by atoms with van der Waals surface area (Å²) in [6, 6.07) is 2.72. The van der Waals surface area contributed by atoms with Gasteiger partial charge in [0, 0.05) is 25.4 Å². The monoisotopic (exact) mass is 507 g/mol. The number of nitrogens with one attached hydrogen (secondary N) is 3. The standard InChI is InChI=1S/C19H26ClN5O5S.ClH/c20-14-1-2-16(22-11-14)30-15-5-9-25(10-6-15)31(28,29)12-19(13-3-7-21-8-4-13)17(26)23-18(27)24-19;/h1-2,11,13,15,21H,3-10,12H2,(H2,23,24,26,27);1H. The van der Waals surface area contributed by atoms with Crippen LogP contribution in [0, 0.1) is 5.92 Å². The quantitative estimate of drug-likeness (QED) is 0.487. The van der Waals surface area contributed by atoms with Crippen molar-refractivity contribution in [1.29, 1.82) is 0 Å². The molecule has 1 unspecified atom stereocenters. The van der Waals surface area contributed by atoms with Gasteiger partial charge in [-0.15, -0.1) is 12.4 Å². The molecule has 3 aliphatic rings. The summed E-state index contributed by atoms with van der Waals surface area (Å²) >= 11 is 5.83. The third kappa shape index (κ3) is 5.28. The molecule has 0 radical (unpaired) electrons. The Bertz CT molecular complexity index is 934. The van der Waals surface area contributed by atoms with Gasteiger partial charge < -0.3 is 15.4 Å². The highest BCUT2D eigenvalue weighted by Gasteiger charge is 2.55. The smallest absolute Gasteiger partial charge is 0.322 e. The van der Waals surface area contributed by atoms with Gasteiger partial charge in [0.2, 0.25) is 15.9 Å². The lowest BCUT2D eigenvalue weighted by molar-refractivity contribution is -0.125. The molecular weight excluding hydrogens is 481 g/mol. The second-order valence-electron chi connectivity index (χ2n) is 8.19. The van der Waals surface area contributed by atoms with Crippen LogP contribution in [0.2, 0.25) is 5.02 Å². The number of urea groups is 1. The normalized spacial score (nSPS) is 25.7. The minimum Gasteiger partial charge on any atom is -0.474 e. The van der Waals surface area contributed by atoms with Gasteiger partial charge in [-0.25, -0.2) is 22.5 Å². The first-order valence-electron chi connectivity index (χ1n) is 10.4. The Kier molecular flexibility index (Phi) is 7.87. The molecule has 13 heteroatoms. The second-order valence-corrected chi connectivity index (χ2v) is 10.6. The summed E-state index contributed by atoms with van der Waals surface area (Å²) in [4.78, 5) is 28.7. The number of piperidine rings is 2. The molecule has 3 saturated heterocycles. The Labute approximate surface area is 198 Å². The number of aromatic nitrogens is 1. The molecule has 3 fully saturated rings. The maximum absolute atomic E-state index is 13.3. The van der Waals surface area contributed by atoms with Crippen LogP contribution >= 0.6 is 24.0 Å². The lowest BCUT2D eigenvalue weighted by Gasteiger charge is -2.39. The van der Waals surface area contributed by atoms with Crippen LogP contribution in [0.4, 0.5) is 4.79 Å². The predicted octanol–water partition coefficient (Wildman–Crippen LogP) is 0.908. The molecule has 0 aromatic carbocycles. The van der Waals surface area contributed by atoms with Crippen LogP contribution in [0.1, 0.15) is 25.7 Å². The number of imide groups is 1. The maximum Gasteiger partial charge on any atom is 0.322 e. The van der Waals surface area contributed by atoms with Crippen LogP contribution in [0.5, 0.6) is 5.88 Å². The van der Waals surface area contributed by atoms with Gasteiger partial charge in [-0.2, -0.15) is 0 Å². The molecule has 3 amide bonds. The van der Waals surface area contributed by atoms with Crippen molar-refractivity contribution >= 4 is 46.0 Å². The number of rotatable bonds is 6. The van der Waals surface area contributed by atoms with Crippen LogP contribution in [0.25, 0.3) is 0 Å². The zero-order valence-electron chi connectivity index (χ0n) is 17.4. The minimum atomic E-state index is -3.78. The zero-order chi connectivity index (χ0) is 22.1. The second kappa shape index (κ2) is 10.1. The van der Waals surface area contributed by atoms with Gasteiger partial charge >= 0.3 is 6.03 Å². The Morgan fingerprint density at radius 2 is 1.84 bits per heavy atom. The third-order valence-electron chi connectivity index (χ3n) is 6.20. The molecule has 0 aliphatic carbocycles. The van der Waals surface area contributed by atoms with Crippen LogP contribution in [0.3, 0.4) is 0 Å². The number of nitrogens with zero attached hydrogens (tertiary/aromatic N) is 2. The molecule has 32 heavy (non-hydrogen) atoms. The van der Waals surface area contributed by atoms with E-state index in [1.54, 1.807) is 12.1 Å². The van der Waals surface area contributed by atoms with Crippen LogP contribution in [-0.2, 0) is 14.8 Å². The van der Waals surface area contributed by atoms with Gasteiger partial charge in [0.15, 0.2) is 0 Å². The number of halogens is 2. The van der Waals surface area contributed by atoms with E-state index < -0.39 is 33.3 Å². The molecule has 1 aromatic rings. The van der Waals surface area contributed by atoms with Gasteiger partial charge in [-0.3, -0.25) is 10.1 Å². The summed E-state index contributed by atoms with van der Waals surface area (Å²) in [7, 11) is -3.78. The van der Waals surface area contributed by atoms with E-state index in [1.807, 2.05) is 0 Å². The largest absolute Gasteiger partial charge is 0.474 e. The summed E-state index contributed by atoms with van der Waals surface area (Å²) in [6.45, 7) is 1.91. The predicted molar refractivity (Wildman–Crippen MR) is 121 cm³/mol. The Balaban J connectivity index is 0.00000289. The fourth-order valence-corrected chi connectivity index (χ4v) is 6.61. The number of carbonyl (C=O) groups excluding carboxylic acids is 2. The molecule has 0 bridgehead atoms. The first-order valence-corrected chi connectivity index (χ1v) is 12.4. The number of carbonyl (C=O) groups is 2. The van der Waals surface area contributed by atoms with Crippen molar-refractivity contribution in [2.75, 3.05) is 31.9 Å². The van der Waals surface area contributed by atoms with E-state index in [0.717, 1.165) is 0 Å². The van der Waals surface area contributed by atoms with E-state index in [2.05, 4.69) is 20.9 Å². The van der Waals surface area contributed by atoms with Crippen molar-refractivity contribution in [1.82, 2.24) is 25.2 Å². The number of pyridine rings is 1. The molecule has 0 spiro atoms. The van der Waals surface area contributed by atoms with Gasteiger partial charge in [-0.05, 0) is 50.8 Å². The van der Waals surface area contributed by atoms with Crippen molar-refractivity contribution in [2.45, 2.75) is 37.3 Å². The van der Waals surface area contributed by atoms with Gasteiger partial charge in [-0.1, -0.05) is 11.6 Å². The zero-order valence-corrected chi connectivity index (χ0v) is 19.8. The topological polar surface area (TPSA) is 130 Å². The van der Waals surface area contributed by atoms with Crippen molar-refractivity contribution in [3.8, 4) is 5.88 Å². The first kappa shape index (κ1) is 25.0. The van der Waals surface area contributed by atoms with E-state index in [9.17, 15) is 18.0 Å². The molecular formula is C19H27Cl2N5O5S. The van der Waals surface area contributed by atoms with E-state index >= 15 is 0 Å². The molecule has 178 valence electrons. The SMILES string of the molecule is Cl.O=C1NC(=O)C(CS(=O)(=O)N2CCC(Oc3ccc(Cl)cn3)CC2)(C2CCNCC2)N1. The number of hydrogen-bond acceptors (Lipinski definition) is 7. The fraction of sp³-hybridized carbons (Fsp3) is 0.632. The maximum atomic E-state index is 13.3. The highest BCUT2D eigenvalue weighted by Crippen LogP contribution is 2.32. The Morgan fingerprint density at radius 3 is 2.41 bits per heavy atom.